The highest BCUT2D eigenvalue weighted by Crippen LogP contribution is 2.13. The van der Waals surface area contributed by atoms with E-state index in [0.717, 1.165) is 0 Å². The highest BCUT2D eigenvalue weighted by atomic mass is 16.7. The van der Waals surface area contributed by atoms with E-state index < -0.39 is 12.3 Å². The molecule has 0 atom stereocenters. The largest absolute Gasteiger partial charge is 0.497 e. The molecular formula is C12H16O5. The minimum Gasteiger partial charge on any atom is -0.497 e. The van der Waals surface area contributed by atoms with Gasteiger partial charge in [-0.25, -0.2) is 4.79 Å². The number of hydrogen-bond acceptors (Lipinski definition) is 5. The minimum atomic E-state index is -0.551. The van der Waals surface area contributed by atoms with Crippen LogP contribution in [0.25, 0.3) is 0 Å². The van der Waals surface area contributed by atoms with Gasteiger partial charge < -0.3 is 18.9 Å². The van der Waals surface area contributed by atoms with Crippen molar-refractivity contribution in [3.05, 3.63) is 29.8 Å². The van der Waals surface area contributed by atoms with Gasteiger partial charge in [0.15, 0.2) is 6.29 Å². The fraction of sp³-hybridized carbons (Fsp3) is 0.417. The topological polar surface area (TPSA) is 54.0 Å². The molecule has 0 N–H and O–H groups in total. The van der Waals surface area contributed by atoms with Crippen LogP contribution in [0.15, 0.2) is 24.3 Å². The van der Waals surface area contributed by atoms with Gasteiger partial charge in [-0.05, 0) is 18.2 Å². The molecule has 0 fully saturated rings. The molecule has 17 heavy (non-hydrogen) atoms. The quantitative estimate of drug-likeness (QED) is 0.556. The van der Waals surface area contributed by atoms with E-state index >= 15 is 0 Å². The lowest BCUT2D eigenvalue weighted by Gasteiger charge is -2.13. The Balaban J connectivity index is 2.57. The Bertz CT molecular complexity index is 360. The second-order valence-electron chi connectivity index (χ2n) is 3.23. The molecule has 5 nitrogen and oxygen atoms in total. The summed E-state index contributed by atoms with van der Waals surface area (Å²) < 4.78 is 19.9. The maximum Gasteiger partial charge on any atom is 0.338 e. The van der Waals surface area contributed by atoms with E-state index in [4.69, 9.17) is 18.9 Å². The Labute approximate surface area is 100 Å². The zero-order chi connectivity index (χ0) is 12.7. The molecule has 0 spiro atoms. The normalized spacial score (nSPS) is 10.4. The van der Waals surface area contributed by atoms with E-state index in [-0.39, 0.29) is 6.61 Å². The lowest BCUT2D eigenvalue weighted by atomic mass is 10.2. The van der Waals surface area contributed by atoms with Crippen LogP contribution in [-0.4, -0.2) is 40.2 Å². The van der Waals surface area contributed by atoms with E-state index in [9.17, 15) is 4.79 Å². The molecule has 1 rings (SSSR count). The Morgan fingerprint density at radius 2 is 1.94 bits per heavy atom. The first kappa shape index (κ1) is 13.5. The average Bonchev–Trinajstić information content (AvgIpc) is 2.39. The lowest BCUT2D eigenvalue weighted by molar-refractivity contribution is -0.129. The molecule has 1 aromatic rings. The van der Waals surface area contributed by atoms with Crippen molar-refractivity contribution in [2.75, 3.05) is 27.9 Å². The molecule has 0 heterocycles. The smallest absolute Gasteiger partial charge is 0.338 e. The number of methoxy groups -OCH3 is 3. The van der Waals surface area contributed by atoms with Crippen molar-refractivity contribution in [1.82, 2.24) is 0 Å². The van der Waals surface area contributed by atoms with Gasteiger partial charge in [0.1, 0.15) is 12.4 Å². The SMILES string of the molecule is COc1cccc(C(=O)OCC(OC)OC)c1. The minimum absolute atomic E-state index is 0.0447. The third-order valence-corrected chi connectivity index (χ3v) is 2.18. The molecule has 1 aromatic carbocycles. The molecule has 0 aliphatic heterocycles. The summed E-state index contributed by atoms with van der Waals surface area (Å²) >= 11 is 0. The highest BCUT2D eigenvalue weighted by molar-refractivity contribution is 5.89. The van der Waals surface area contributed by atoms with Gasteiger partial charge in [0, 0.05) is 14.2 Å². The van der Waals surface area contributed by atoms with Crippen LogP contribution in [-0.2, 0) is 14.2 Å². The number of carbonyl (C=O) groups excluding carboxylic acids is 1. The van der Waals surface area contributed by atoms with E-state index in [1.807, 2.05) is 0 Å². The van der Waals surface area contributed by atoms with E-state index in [1.54, 1.807) is 24.3 Å². The molecular weight excluding hydrogens is 224 g/mol. The van der Waals surface area contributed by atoms with Crippen molar-refractivity contribution in [3.63, 3.8) is 0 Å². The summed E-state index contributed by atoms with van der Waals surface area (Å²) in [6.07, 6.45) is -0.551. The number of ether oxygens (including phenoxy) is 4. The van der Waals surface area contributed by atoms with Crippen LogP contribution in [0.2, 0.25) is 0 Å². The molecule has 0 unspecified atom stereocenters. The van der Waals surface area contributed by atoms with Crippen LogP contribution in [0.1, 0.15) is 10.4 Å². The molecule has 0 aliphatic rings. The van der Waals surface area contributed by atoms with Gasteiger partial charge in [-0.15, -0.1) is 0 Å². The zero-order valence-corrected chi connectivity index (χ0v) is 10.1. The van der Waals surface area contributed by atoms with Crippen molar-refractivity contribution >= 4 is 5.97 Å². The third kappa shape index (κ3) is 4.05. The summed E-state index contributed by atoms with van der Waals surface area (Å²) in [7, 11) is 4.50. The van der Waals surface area contributed by atoms with E-state index in [1.165, 1.54) is 21.3 Å². The zero-order valence-electron chi connectivity index (χ0n) is 10.1. The van der Waals surface area contributed by atoms with E-state index in [0.29, 0.717) is 11.3 Å². The number of hydrogen-bond donors (Lipinski definition) is 0. The van der Waals surface area contributed by atoms with Gasteiger partial charge in [-0.3, -0.25) is 0 Å². The monoisotopic (exact) mass is 240 g/mol. The Morgan fingerprint density at radius 3 is 2.53 bits per heavy atom. The third-order valence-electron chi connectivity index (χ3n) is 2.18. The molecule has 0 aliphatic carbocycles. The first-order chi connectivity index (χ1) is 8.21. The van der Waals surface area contributed by atoms with Crippen LogP contribution >= 0.6 is 0 Å². The summed E-state index contributed by atoms with van der Waals surface area (Å²) in [5.74, 6) is 0.164. The molecule has 0 saturated heterocycles. The van der Waals surface area contributed by atoms with Crippen LogP contribution < -0.4 is 4.74 Å². The molecule has 0 bridgehead atoms. The standard InChI is InChI=1S/C12H16O5/c1-14-10-6-4-5-9(7-10)12(13)17-8-11(15-2)16-3/h4-7,11H,8H2,1-3H3. The Morgan fingerprint density at radius 1 is 1.24 bits per heavy atom. The van der Waals surface area contributed by atoms with Gasteiger partial charge in [0.25, 0.3) is 0 Å². The summed E-state index contributed by atoms with van der Waals surface area (Å²) in [6, 6.07) is 6.74. The maximum absolute atomic E-state index is 11.7. The van der Waals surface area contributed by atoms with Gasteiger partial charge >= 0.3 is 5.97 Å². The van der Waals surface area contributed by atoms with Gasteiger partial charge in [-0.2, -0.15) is 0 Å². The number of esters is 1. The van der Waals surface area contributed by atoms with Crippen LogP contribution in [0.4, 0.5) is 0 Å². The van der Waals surface area contributed by atoms with Crippen molar-refractivity contribution in [3.8, 4) is 5.75 Å². The summed E-state index contributed by atoms with van der Waals surface area (Å²) in [5.41, 5.74) is 0.426. The van der Waals surface area contributed by atoms with Gasteiger partial charge in [-0.1, -0.05) is 6.07 Å². The first-order valence-electron chi connectivity index (χ1n) is 5.08. The average molecular weight is 240 g/mol. The fourth-order valence-corrected chi connectivity index (χ4v) is 1.21. The van der Waals surface area contributed by atoms with Crippen molar-refractivity contribution in [1.29, 1.82) is 0 Å². The number of carbonyl (C=O) groups is 1. The van der Waals surface area contributed by atoms with Gasteiger partial charge in [0.2, 0.25) is 0 Å². The Hall–Kier alpha value is -1.59. The fourth-order valence-electron chi connectivity index (χ4n) is 1.21. The lowest BCUT2D eigenvalue weighted by Crippen LogP contribution is -2.22. The molecule has 0 aromatic heterocycles. The number of rotatable bonds is 6. The van der Waals surface area contributed by atoms with E-state index in [2.05, 4.69) is 0 Å². The second-order valence-corrected chi connectivity index (χ2v) is 3.23. The summed E-state index contributed by atoms with van der Waals surface area (Å²) in [4.78, 5) is 11.7. The number of benzene rings is 1. The van der Waals surface area contributed by atoms with Gasteiger partial charge in [0.05, 0.1) is 12.7 Å². The first-order valence-corrected chi connectivity index (χ1v) is 5.08. The highest BCUT2D eigenvalue weighted by Gasteiger charge is 2.12. The predicted molar refractivity (Wildman–Crippen MR) is 61.1 cm³/mol. The predicted octanol–water partition coefficient (Wildman–Crippen LogP) is 1.47. The molecule has 5 heteroatoms. The molecule has 0 amide bonds. The van der Waals surface area contributed by atoms with Crippen molar-refractivity contribution in [2.24, 2.45) is 0 Å². The van der Waals surface area contributed by atoms with Crippen LogP contribution in [0.5, 0.6) is 5.75 Å². The summed E-state index contributed by atoms with van der Waals surface area (Å²) in [6.45, 7) is 0.0447. The van der Waals surface area contributed by atoms with Crippen molar-refractivity contribution < 1.29 is 23.7 Å². The molecule has 0 radical (unpaired) electrons. The summed E-state index contributed by atoms with van der Waals surface area (Å²) in [5, 5.41) is 0. The molecule has 94 valence electrons. The maximum atomic E-state index is 11.7. The van der Waals surface area contributed by atoms with Crippen molar-refractivity contribution in [2.45, 2.75) is 6.29 Å². The molecule has 0 saturated carbocycles. The Kier molecular flexibility index (Phi) is 5.45. The second kappa shape index (κ2) is 6.88. The van der Waals surface area contributed by atoms with Crippen LogP contribution in [0, 0.1) is 0 Å². The van der Waals surface area contributed by atoms with Crippen LogP contribution in [0.3, 0.4) is 0 Å².